The fourth-order valence-electron chi connectivity index (χ4n) is 3.05. The van der Waals surface area contributed by atoms with Gasteiger partial charge in [0.1, 0.15) is 11.5 Å². The van der Waals surface area contributed by atoms with Crippen molar-refractivity contribution in [2.75, 3.05) is 27.3 Å². The number of piperidine rings is 1. The van der Waals surface area contributed by atoms with Gasteiger partial charge in [-0.3, -0.25) is 0 Å². The summed E-state index contributed by atoms with van der Waals surface area (Å²) < 4.78 is 11.2. The van der Waals surface area contributed by atoms with Gasteiger partial charge in [-0.05, 0) is 68.0 Å². The molecule has 0 bridgehead atoms. The van der Waals surface area contributed by atoms with Gasteiger partial charge in [-0.2, -0.15) is 0 Å². The second-order valence-corrected chi connectivity index (χ2v) is 5.62. The molecule has 1 aliphatic heterocycles. The van der Waals surface area contributed by atoms with E-state index in [0.717, 1.165) is 49.8 Å². The fraction of sp³-hybridized carbons (Fsp3) is 0.647. The molecule has 2 rings (SSSR count). The molecular formula is C17H27NO2. The third-order valence-electron chi connectivity index (χ3n) is 4.17. The number of methoxy groups -OCH3 is 2. The van der Waals surface area contributed by atoms with E-state index >= 15 is 0 Å². The predicted molar refractivity (Wildman–Crippen MR) is 82.8 cm³/mol. The van der Waals surface area contributed by atoms with Crippen LogP contribution in [0.25, 0.3) is 0 Å². The van der Waals surface area contributed by atoms with Crippen molar-refractivity contribution in [1.29, 1.82) is 0 Å². The zero-order valence-electron chi connectivity index (χ0n) is 13.0. The first kappa shape index (κ1) is 15.2. The van der Waals surface area contributed by atoms with Crippen LogP contribution in [0.1, 0.15) is 37.3 Å². The Morgan fingerprint density at radius 1 is 1.05 bits per heavy atom. The number of hydrogen-bond donors (Lipinski definition) is 1. The summed E-state index contributed by atoms with van der Waals surface area (Å²) in [7, 11) is 3.53. The quantitative estimate of drug-likeness (QED) is 0.866. The predicted octanol–water partition coefficient (Wildman–Crippen LogP) is 3.20. The van der Waals surface area contributed by atoms with Crippen LogP contribution in [-0.4, -0.2) is 27.3 Å². The average molecular weight is 277 g/mol. The van der Waals surface area contributed by atoms with Gasteiger partial charge >= 0.3 is 0 Å². The summed E-state index contributed by atoms with van der Waals surface area (Å²) in [6.07, 6.45) is 5.75. The van der Waals surface area contributed by atoms with Crippen LogP contribution in [0.15, 0.2) is 12.1 Å². The van der Waals surface area contributed by atoms with Gasteiger partial charge in [-0.1, -0.05) is 13.3 Å². The van der Waals surface area contributed by atoms with Gasteiger partial charge in [0.2, 0.25) is 0 Å². The molecule has 0 saturated carbocycles. The zero-order chi connectivity index (χ0) is 14.4. The standard InChI is InChI=1S/C17H27NO2/c1-4-5-14-11-17(20-3)15(12-16(14)19-2)10-13-6-8-18-9-7-13/h11-13,18H,4-10H2,1-3H3. The highest BCUT2D eigenvalue weighted by Crippen LogP contribution is 2.32. The summed E-state index contributed by atoms with van der Waals surface area (Å²) in [4.78, 5) is 0. The SMILES string of the molecule is CCCc1cc(OC)c(CC2CCNCC2)cc1OC. The first-order chi connectivity index (χ1) is 9.78. The lowest BCUT2D eigenvalue weighted by atomic mass is 9.90. The smallest absolute Gasteiger partial charge is 0.122 e. The molecule has 0 unspecified atom stereocenters. The van der Waals surface area contributed by atoms with Crippen molar-refractivity contribution >= 4 is 0 Å². The van der Waals surface area contributed by atoms with E-state index in [1.165, 1.54) is 24.0 Å². The van der Waals surface area contributed by atoms with Crippen LogP contribution >= 0.6 is 0 Å². The van der Waals surface area contributed by atoms with Crippen LogP contribution in [0, 0.1) is 5.92 Å². The molecule has 0 radical (unpaired) electrons. The normalized spacial score (nSPS) is 16.1. The average Bonchev–Trinajstić information content (AvgIpc) is 2.49. The molecule has 1 heterocycles. The van der Waals surface area contributed by atoms with Crippen molar-refractivity contribution in [3.05, 3.63) is 23.3 Å². The van der Waals surface area contributed by atoms with Gasteiger partial charge in [-0.15, -0.1) is 0 Å². The van der Waals surface area contributed by atoms with Gasteiger partial charge in [0.05, 0.1) is 14.2 Å². The van der Waals surface area contributed by atoms with Crippen molar-refractivity contribution in [3.8, 4) is 11.5 Å². The van der Waals surface area contributed by atoms with E-state index in [4.69, 9.17) is 9.47 Å². The number of hydrogen-bond acceptors (Lipinski definition) is 3. The molecular weight excluding hydrogens is 250 g/mol. The minimum absolute atomic E-state index is 0.756. The second kappa shape index (κ2) is 7.53. The van der Waals surface area contributed by atoms with Crippen molar-refractivity contribution in [1.82, 2.24) is 5.32 Å². The van der Waals surface area contributed by atoms with Crippen molar-refractivity contribution in [3.63, 3.8) is 0 Å². The molecule has 1 N–H and O–H groups in total. The van der Waals surface area contributed by atoms with Crippen molar-refractivity contribution < 1.29 is 9.47 Å². The Labute approximate surface area is 122 Å². The Bertz CT molecular complexity index is 425. The maximum absolute atomic E-state index is 5.60. The minimum atomic E-state index is 0.756. The topological polar surface area (TPSA) is 30.5 Å². The molecule has 1 aromatic carbocycles. The zero-order valence-corrected chi connectivity index (χ0v) is 13.0. The lowest BCUT2D eigenvalue weighted by Crippen LogP contribution is -2.28. The lowest BCUT2D eigenvalue weighted by Gasteiger charge is -2.24. The van der Waals surface area contributed by atoms with Gasteiger partial charge in [0.15, 0.2) is 0 Å². The molecule has 20 heavy (non-hydrogen) atoms. The number of aryl methyl sites for hydroxylation is 1. The molecule has 0 aromatic heterocycles. The van der Waals surface area contributed by atoms with Crippen LogP contribution in [0.2, 0.25) is 0 Å². The molecule has 0 spiro atoms. The van der Waals surface area contributed by atoms with Crippen LogP contribution in [0.3, 0.4) is 0 Å². The number of rotatable bonds is 6. The third kappa shape index (κ3) is 3.66. The van der Waals surface area contributed by atoms with Gasteiger partial charge in [0.25, 0.3) is 0 Å². The van der Waals surface area contributed by atoms with Gasteiger partial charge < -0.3 is 14.8 Å². The molecule has 112 valence electrons. The van der Waals surface area contributed by atoms with E-state index in [2.05, 4.69) is 24.4 Å². The summed E-state index contributed by atoms with van der Waals surface area (Å²) in [5, 5.41) is 3.42. The molecule has 0 atom stereocenters. The Morgan fingerprint density at radius 2 is 1.65 bits per heavy atom. The summed E-state index contributed by atoms with van der Waals surface area (Å²) in [5.74, 6) is 2.79. The third-order valence-corrected chi connectivity index (χ3v) is 4.17. The molecule has 1 aliphatic rings. The molecule has 3 heteroatoms. The second-order valence-electron chi connectivity index (χ2n) is 5.62. The summed E-state index contributed by atoms with van der Waals surface area (Å²) in [6, 6.07) is 4.35. The van der Waals surface area contributed by atoms with E-state index in [0.29, 0.717) is 0 Å². The monoisotopic (exact) mass is 277 g/mol. The van der Waals surface area contributed by atoms with Crippen molar-refractivity contribution in [2.45, 2.75) is 39.0 Å². The lowest BCUT2D eigenvalue weighted by molar-refractivity contribution is 0.358. The van der Waals surface area contributed by atoms with E-state index in [9.17, 15) is 0 Å². The first-order valence-electron chi connectivity index (χ1n) is 7.73. The minimum Gasteiger partial charge on any atom is -0.496 e. The van der Waals surface area contributed by atoms with E-state index < -0.39 is 0 Å². The number of benzene rings is 1. The van der Waals surface area contributed by atoms with Gasteiger partial charge in [-0.25, -0.2) is 0 Å². The van der Waals surface area contributed by atoms with Crippen LogP contribution in [-0.2, 0) is 12.8 Å². The number of ether oxygens (including phenoxy) is 2. The Hall–Kier alpha value is -1.22. The first-order valence-corrected chi connectivity index (χ1v) is 7.73. The van der Waals surface area contributed by atoms with Gasteiger partial charge in [0, 0.05) is 0 Å². The summed E-state index contributed by atoms with van der Waals surface area (Å²) in [5.41, 5.74) is 2.54. The maximum atomic E-state index is 5.60. The fourth-order valence-corrected chi connectivity index (χ4v) is 3.05. The summed E-state index contributed by atoms with van der Waals surface area (Å²) in [6.45, 7) is 4.46. The highest BCUT2D eigenvalue weighted by atomic mass is 16.5. The molecule has 1 saturated heterocycles. The highest BCUT2D eigenvalue weighted by Gasteiger charge is 2.17. The Kier molecular flexibility index (Phi) is 5.72. The number of nitrogens with one attached hydrogen (secondary N) is 1. The molecule has 0 aliphatic carbocycles. The van der Waals surface area contributed by atoms with E-state index in [1.54, 1.807) is 14.2 Å². The molecule has 1 fully saturated rings. The van der Waals surface area contributed by atoms with Crippen molar-refractivity contribution in [2.24, 2.45) is 5.92 Å². The highest BCUT2D eigenvalue weighted by molar-refractivity contribution is 5.47. The van der Waals surface area contributed by atoms with Crippen LogP contribution < -0.4 is 14.8 Å². The molecule has 0 amide bonds. The van der Waals surface area contributed by atoms with E-state index in [-0.39, 0.29) is 0 Å². The molecule has 1 aromatic rings. The maximum Gasteiger partial charge on any atom is 0.122 e. The molecule has 3 nitrogen and oxygen atoms in total. The summed E-state index contributed by atoms with van der Waals surface area (Å²) >= 11 is 0. The van der Waals surface area contributed by atoms with Crippen LogP contribution in [0.4, 0.5) is 0 Å². The van der Waals surface area contributed by atoms with E-state index in [1.807, 2.05) is 0 Å². The Balaban J connectivity index is 2.21. The van der Waals surface area contributed by atoms with Crippen LogP contribution in [0.5, 0.6) is 11.5 Å². The Morgan fingerprint density at radius 3 is 2.25 bits per heavy atom. The largest absolute Gasteiger partial charge is 0.496 e.